The lowest BCUT2D eigenvalue weighted by Gasteiger charge is -2.41. The van der Waals surface area contributed by atoms with Crippen molar-refractivity contribution < 1.29 is 34.6 Å². The normalized spacial score (nSPS) is 26.7. The van der Waals surface area contributed by atoms with Crippen LogP contribution in [-0.4, -0.2) is 64.7 Å². The third kappa shape index (κ3) is 4.74. The van der Waals surface area contributed by atoms with Crippen molar-refractivity contribution in [3.63, 3.8) is 0 Å². The molecule has 0 aliphatic carbocycles. The first-order valence-corrected chi connectivity index (χ1v) is 11.8. The molecule has 0 spiro atoms. The Kier molecular flexibility index (Phi) is 7.56. The second-order valence-corrected chi connectivity index (χ2v) is 8.76. The molecule has 0 radical (unpaired) electrons. The van der Waals surface area contributed by atoms with Gasteiger partial charge in [0, 0.05) is 12.0 Å². The number of benzene rings is 2. The van der Waals surface area contributed by atoms with Gasteiger partial charge < -0.3 is 34.6 Å². The van der Waals surface area contributed by atoms with Gasteiger partial charge in [0.2, 0.25) is 0 Å². The Morgan fingerprint density at radius 3 is 2.45 bits per heavy atom. The minimum atomic E-state index is -1.41. The maximum absolute atomic E-state index is 10.8. The van der Waals surface area contributed by atoms with Crippen molar-refractivity contribution in [2.24, 2.45) is 0 Å². The van der Waals surface area contributed by atoms with Crippen LogP contribution in [0.3, 0.4) is 0 Å². The van der Waals surface area contributed by atoms with Crippen LogP contribution in [0.25, 0.3) is 0 Å². The van der Waals surface area contributed by atoms with Crippen molar-refractivity contribution in [3.05, 3.63) is 58.1 Å². The average Bonchev–Trinajstić information content (AvgIpc) is 3.31. The first kappa shape index (κ1) is 24.0. The van der Waals surface area contributed by atoms with E-state index in [4.69, 9.17) is 14.2 Å². The summed E-state index contributed by atoms with van der Waals surface area (Å²) in [5.41, 5.74) is 5.08. The second-order valence-electron chi connectivity index (χ2n) is 8.76. The van der Waals surface area contributed by atoms with E-state index >= 15 is 0 Å². The van der Waals surface area contributed by atoms with E-state index in [0.717, 1.165) is 52.2 Å². The first-order chi connectivity index (χ1) is 16.0. The van der Waals surface area contributed by atoms with E-state index in [9.17, 15) is 20.4 Å². The summed E-state index contributed by atoms with van der Waals surface area (Å²) >= 11 is 0. The molecule has 1 saturated heterocycles. The second kappa shape index (κ2) is 10.4. The van der Waals surface area contributed by atoms with E-state index in [0.29, 0.717) is 26.1 Å². The Bertz CT molecular complexity index is 941. The van der Waals surface area contributed by atoms with Crippen molar-refractivity contribution in [3.8, 4) is 11.5 Å². The molecule has 2 aliphatic heterocycles. The molecule has 0 saturated carbocycles. The minimum absolute atomic E-state index is 0.451. The fraction of sp³-hybridized carbons (Fsp3) is 0.538. The quantitative estimate of drug-likeness (QED) is 0.480. The zero-order valence-electron chi connectivity index (χ0n) is 19.2. The van der Waals surface area contributed by atoms with Gasteiger partial charge in [0.25, 0.3) is 0 Å². The Balaban J connectivity index is 1.75. The zero-order chi connectivity index (χ0) is 23.5. The number of aliphatic hydroxyl groups is 4. The SMILES string of the molecule is CCCc1c(Cc2ccc(OCC)cc2)cc(C2OC(CO)C(O)C(O)C2O)c2c1OCC2. The minimum Gasteiger partial charge on any atom is -0.494 e. The molecule has 1 fully saturated rings. The summed E-state index contributed by atoms with van der Waals surface area (Å²) < 4.78 is 17.5. The van der Waals surface area contributed by atoms with Crippen LogP contribution in [-0.2, 0) is 24.0 Å². The first-order valence-electron chi connectivity index (χ1n) is 11.8. The fourth-order valence-corrected chi connectivity index (χ4v) is 4.89. The van der Waals surface area contributed by atoms with Crippen molar-refractivity contribution in [2.45, 2.75) is 70.1 Å². The van der Waals surface area contributed by atoms with E-state index < -0.39 is 37.1 Å². The molecule has 180 valence electrons. The van der Waals surface area contributed by atoms with Crippen LogP contribution in [0.5, 0.6) is 11.5 Å². The van der Waals surface area contributed by atoms with Crippen LogP contribution in [0, 0.1) is 0 Å². The van der Waals surface area contributed by atoms with Gasteiger partial charge in [-0.25, -0.2) is 0 Å². The Morgan fingerprint density at radius 2 is 1.79 bits per heavy atom. The predicted molar refractivity (Wildman–Crippen MR) is 123 cm³/mol. The Morgan fingerprint density at radius 1 is 1.03 bits per heavy atom. The average molecular weight is 459 g/mol. The lowest BCUT2D eigenvalue weighted by Crippen LogP contribution is -2.55. The summed E-state index contributed by atoms with van der Waals surface area (Å²) in [6.07, 6.45) is -2.75. The van der Waals surface area contributed by atoms with Crippen molar-refractivity contribution in [1.82, 2.24) is 0 Å². The predicted octanol–water partition coefficient (Wildman–Crippen LogP) is 2.08. The Labute approximate surface area is 194 Å². The molecule has 2 aliphatic rings. The molecule has 33 heavy (non-hydrogen) atoms. The molecule has 2 aromatic carbocycles. The van der Waals surface area contributed by atoms with Crippen molar-refractivity contribution in [2.75, 3.05) is 19.8 Å². The van der Waals surface area contributed by atoms with Crippen LogP contribution in [0.2, 0.25) is 0 Å². The Hall–Kier alpha value is -2.16. The highest BCUT2D eigenvalue weighted by Gasteiger charge is 2.45. The summed E-state index contributed by atoms with van der Waals surface area (Å²) in [5, 5.41) is 41.0. The molecule has 0 bridgehead atoms. The molecule has 0 amide bonds. The third-order valence-corrected chi connectivity index (χ3v) is 6.54. The standard InChI is InChI=1S/C26H34O7/c1-3-5-18-16(12-15-6-8-17(9-7-15)31-4-2)13-20(19-10-11-32-25(18)19)26-24(30)23(29)22(28)21(14-27)33-26/h6-9,13,21-24,26-30H,3-5,10-12,14H2,1-2H3. The highest BCUT2D eigenvalue weighted by atomic mass is 16.5. The largest absolute Gasteiger partial charge is 0.494 e. The molecular formula is C26H34O7. The molecular weight excluding hydrogens is 424 g/mol. The maximum Gasteiger partial charge on any atom is 0.126 e. The molecule has 4 N–H and O–H groups in total. The maximum atomic E-state index is 10.8. The summed E-state index contributed by atoms with van der Waals surface area (Å²) in [4.78, 5) is 0. The summed E-state index contributed by atoms with van der Waals surface area (Å²) in [6, 6.07) is 10.0. The van der Waals surface area contributed by atoms with E-state index in [-0.39, 0.29) is 0 Å². The van der Waals surface area contributed by atoms with Gasteiger partial charge in [-0.1, -0.05) is 31.5 Å². The molecule has 2 heterocycles. The number of rotatable bonds is 8. The smallest absolute Gasteiger partial charge is 0.126 e. The molecule has 7 nitrogen and oxygen atoms in total. The number of aliphatic hydroxyl groups excluding tert-OH is 4. The van der Waals surface area contributed by atoms with Crippen LogP contribution < -0.4 is 9.47 Å². The van der Waals surface area contributed by atoms with Crippen molar-refractivity contribution >= 4 is 0 Å². The summed E-state index contributed by atoms with van der Waals surface area (Å²) in [6.45, 7) is 4.80. The lowest BCUT2D eigenvalue weighted by atomic mass is 9.84. The van der Waals surface area contributed by atoms with E-state index in [1.807, 2.05) is 37.3 Å². The van der Waals surface area contributed by atoms with Gasteiger partial charge in [0.1, 0.15) is 42.0 Å². The van der Waals surface area contributed by atoms with E-state index in [1.54, 1.807) is 0 Å². The van der Waals surface area contributed by atoms with E-state index in [1.165, 1.54) is 0 Å². The molecule has 5 atom stereocenters. The highest BCUT2D eigenvalue weighted by molar-refractivity contribution is 5.55. The third-order valence-electron chi connectivity index (χ3n) is 6.54. The summed E-state index contributed by atoms with van der Waals surface area (Å²) in [7, 11) is 0. The van der Waals surface area contributed by atoms with Gasteiger partial charge >= 0.3 is 0 Å². The fourth-order valence-electron chi connectivity index (χ4n) is 4.89. The highest BCUT2D eigenvalue weighted by Crippen LogP contribution is 2.43. The van der Waals surface area contributed by atoms with Crippen LogP contribution in [0.15, 0.2) is 30.3 Å². The van der Waals surface area contributed by atoms with Crippen LogP contribution >= 0.6 is 0 Å². The molecule has 7 heteroatoms. The number of hydrogen-bond acceptors (Lipinski definition) is 7. The van der Waals surface area contributed by atoms with Gasteiger partial charge in [0.05, 0.1) is 19.8 Å². The van der Waals surface area contributed by atoms with Gasteiger partial charge in [0.15, 0.2) is 0 Å². The van der Waals surface area contributed by atoms with Crippen molar-refractivity contribution in [1.29, 1.82) is 0 Å². The van der Waals surface area contributed by atoms with Gasteiger partial charge in [-0.05, 0) is 54.2 Å². The van der Waals surface area contributed by atoms with Gasteiger partial charge in [-0.15, -0.1) is 0 Å². The topological polar surface area (TPSA) is 109 Å². The lowest BCUT2D eigenvalue weighted by molar-refractivity contribution is -0.231. The van der Waals surface area contributed by atoms with Crippen LogP contribution in [0.4, 0.5) is 0 Å². The number of ether oxygens (including phenoxy) is 3. The molecule has 0 aromatic heterocycles. The van der Waals surface area contributed by atoms with E-state index in [2.05, 4.69) is 6.92 Å². The number of hydrogen-bond donors (Lipinski definition) is 4. The molecule has 4 rings (SSSR count). The molecule has 5 unspecified atom stereocenters. The van der Waals surface area contributed by atoms with Gasteiger partial charge in [-0.3, -0.25) is 0 Å². The zero-order valence-corrected chi connectivity index (χ0v) is 19.2. The molecule has 2 aromatic rings. The summed E-state index contributed by atoms with van der Waals surface area (Å²) in [5.74, 6) is 1.67. The monoisotopic (exact) mass is 458 g/mol. The van der Waals surface area contributed by atoms with Gasteiger partial charge in [-0.2, -0.15) is 0 Å². The number of fused-ring (bicyclic) bond motifs is 1. The van der Waals surface area contributed by atoms with Crippen LogP contribution in [0.1, 0.15) is 54.2 Å².